The highest BCUT2D eigenvalue weighted by Crippen LogP contribution is 2.32. The van der Waals surface area contributed by atoms with E-state index in [-0.39, 0.29) is 10.8 Å². The van der Waals surface area contributed by atoms with E-state index in [1.807, 2.05) is 0 Å². The van der Waals surface area contributed by atoms with E-state index in [0.29, 0.717) is 17.1 Å². The molecule has 8 heteroatoms. The van der Waals surface area contributed by atoms with Crippen LogP contribution in [0, 0.1) is 0 Å². The fourth-order valence-corrected chi connectivity index (χ4v) is 3.04. The zero-order chi connectivity index (χ0) is 15.7. The molecular weight excluding hydrogens is 306 g/mol. The summed E-state index contributed by atoms with van der Waals surface area (Å²) in [5, 5.41) is 2.65. The molecule has 2 heterocycles. The third-order valence-corrected chi connectivity index (χ3v) is 4.49. The van der Waals surface area contributed by atoms with Crippen LogP contribution in [0.4, 0.5) is 11.4 Å². The molecule has 2 N–H and O–H groups in total. The SMILES string of the molecule is C[C@H]1Oc2cc(S(=O)(=O)Nc3cccnc3)ccc2NC1=O. The van der Waals surface area contributed by atoms with Crippen molar-refractivity contribution in [2.24, 2.45) is 0 Å². The van der Waals surface area contributed by atoms with Gasteiger partial charge in [0.25, 0.3) is 15.9 Å². The van der Waals surface area contributed by atoms with E-state index >= 15 is 0 Å². The number of anilines is 2. The maximum absolute atomic E-state index is 12.4. The zero-order valence-electron chi connectivity index (χ0n) is 11.6. The Morgan fingerprint density at radius 3 is 2.86 bits per heavy atom. The average Bonchev–Trinajstić information content (AvgIpc) is 2.48. The Morgan fingerprint density at radius 1 is 1.32 bits per heavy atom. The van der Waals surface area contributed by atoms with Crippen molar-refractivity contribution in [1.29, 1.82) is 0 Å². The number of hydrogen-bond donors (Lipinski definition) is 2. The van der Waals surface area contributed by atoms with Crippen LogP contribution in [-0.2, 0) is 14.8 Å². The van der Waals surface area contributed by atoms with E-state index in [4.69, 9.17) is 4.74 Å². The molecule has 0 unspecified atom stereocenters. The summed E-state index contributed by atoms with van der Waals surface area (Å²) in [6.07, 6.45) is 2.29. The van der Waals surface area contributed by atoms with Crippen molar-refractivity contribution >= 4 is 27.3 Å². The molecule has 0 bridgehead atoms. The topological polar surface area (TPSA) is 97.4 Å². The predicted octanol–water partition coefficient (Wildman–Crippen LogP) is 1.60. The van der Waals surface area contributed by atoms with E-state index < -0.39 is 16.1 Å². The first-order valence-electron chi connectivity index (χ1n) is 6.50. The molecule has 0 spiro atoms. The standard InChI is InChI=1S/C14H13N3O4S/c1-9-14(18)16-12-5-4-11(7-13(12)21-9)22(19,20)17-10-3-2-6-15-8-10/h2-9,17H,1H3,(H,16,18)/t9-/m1/s1. The maximum atomic E-state index is 12.4. The van der Waals surface area contributed by atoms with Gasteiger partial charge in [-0.15, -0.1) is 0 Å². The Bertz CT molecular complexity index is 821. The second-order valence-electron chi connectivity index (χ2n) is 4.75. The van der Waals surface area contributed by atoms with E-state index in [2.05, 4.69) is 15.0 Å². The van der Waals surface area contributed by atoms with E-state index in [9.17, 15) is 13.2 Å². The number of hydrogen-bond acceptors (Lipinski definition) is 5. The highest BCUT2D eigenvalue weighted by atomic mass is 32.2. The van der Waals surface area contributed by atoms with Gasteiger partial charge in [0.1, 0.15) is 5.75 Å². The molecule has 0 aliphatic carbocycles. The summed E-state index contributed by atoms with van der Waals surface area (Å²) >= 11 is 0. The largest absolute Gasteiger partial charge is 0.479 e. The second-order valence-corrected chi connectivity index (χ2v) is 6.44. The second kappa shape index (κ2) is 5.30. The number of benzene rings is 1. The van der Waals surface area contributed by atoms with Crippen LogP contribution in [0.5, 0.6) is 5.75 Å². The zero-order valence-corrected chi connectivity index (χ0v) is 12.4. The Morgan fingerprint density at radius 2 is 2.14 bits per heavy atom. The Balaban J connectivity index is 1.92. The van der Waals surface area contributed by atoms with Crippen molar-refractivity contribution in [2.45, 2.75) is 17.9 Å². The highest BCUT2D eigenvalue weighted by Gasteiger charge is 2.25. The van der Waals surface area contributed by atoms with Gasteiger partial charge in [0, 0.05) is 12.3 Å². The quantitative estimate of drug-likeness (QED) is 0.895. The number of carbonyl (C=O) groups is 1. The van der Waals surface area contributed by atoms with Crippen LogP contribution in [0.1, 0.15) is 6.92 Å². The van der Waals surface area contributed by atoms with Gasteiger partial charge in [0.2, 0.25) is 0 Å². The van der Waals surface area contributed by atoms with E-state index in [0.717, 1.165) is 0 Å². The van der Waals surface area contributed by atoms with Gasteiger partial charge in [-0.2, -0.15) is 0 Å². The lowest BCUT2D eigenvalue weighted by Gasteiger charge is -2.23. The Labute approximate surface area is 127 Å². The Hall–Kier alpha value is -2.61. The monoisotopic (exact) mass is 319 g/mol. The maximum Gasteiger partial charge on any atom is 0.265 e. The van der Waals surface area contributed by atoms with Crippen molar-refractivity contribution in [3.05, 3.63) is 42.7 Å². The molecule has 2 aromatic rings. The molecular formula is C14H13N3O4S. The van der Waals surface area contributed by atoms with Crippen molar-refractivity contribution in [2.75, 3.05) is 10.0 Å². The number of sulfonamides is 1. The third-order valence-electron chi connectivity index (χ3n) is 3.11. The minimum Gasteiger partial charge on any atom is -0.479 e. The van der Waals surface area contributed by atoms with Gasteiger partial charge < -0.3 is 10.1 Å². The van der Waals surface area contributed by atoms with Crippen LogP contribution >= 0.6 is 0 Å². The van der Waals surface area contributed by atoms with Gasteiger partial charge in [-0.05, 0) is 31.2 Å². The van der Waals surface area contributed by atoms with Gasteiger partial charge in [-0.3, -0.25) is 14.5 Å². The lowest BCUT2D eigenvalue weighted by atomic mass is 10.2. The molecule has 22 heavy (non-hydrogen) atoms. The molecule has 0 saturated carbocycles. The van der Waals surface area contributed by atoms with Crippen LogP contribution in [0.2, 0.25) is 0 Å². The smallest absolute Gasteiger partial charge is 0.265 e. The molecule has 0 fully saturated rings. The van der Waals surface area contributed by atoms with E-state index in [1.165, 1.54) is 24.4 Å². The third kappa shape index (κ3) is 2.73. The Kier molecular flexibility index (Phi) is 3.45. The first-order chi connectivity index (χ1) is 10.5. The van der Waals surface area contributed by atoms with Crippen LogP contribution < -0.4 is 14.8 Å². The van der Waals surface area contributed by atoms with Crippen LogP contribution in [0.3, 0.4) is 0 Å². The number of nitrogens with one attached hydrogen (secondary N) is 2. The van der Waals surface area contributed by atoms with Crippen LogP contribution in [-0.4, -0.2) is 25.4 Å². The number of pyridine rings is 1. The summed E-state index contributed by atoms with van der Waals surface area (Å²) in [6.45, 7) is 1.59. The fourth-order valence-electron chi connectivity index (χ4n) is 1.99. The van der Waals surface area contributed by atoms with Crippen LogP contribution in [0.15, 0.2) is 47.6 Å². The van der Waals surface area contributed by atoms with E-state index in [1.54, 1.807) is 25.3 Å². The lowest BCUT2D eigenvalue weighted by Crippen LogP contribution is -2.34. The van der Waals surface area contributed by atoms with Crippen LogP contribution in [0.25, 0.3) is 0 Å². The summed E-state index contributed by atoms with van der Waals surface area (Å²) in [5.41, 5.74) is 0.811. The molecule has 1 aromatic heterocycles. The number of fused-ring (bicyclic) bond motifs is 1. The molecule has 1 aromatic carbocycles. The minimum absolute atomic E-state index is 0.0402. The number of nitrogens with zero attached hydrogens (tertiary/aromatic N) is 1. The molecule has 0 radical (unpaired) electrons. The summed E-state index contributed by atoms with van der Waals surface area (Å²) in [5.74, 6) is 0.0535. The first kappa shape index (κ1) is 14.3. The van der Waals surface area contributed by atoms with Crippen molar-refractivity contribution in [1.82, 2.24) is 4.98 Å². The summed E-state index contributed by atoms with van der Waals surface area (Å²) < 4.78 is 32.5. The molecule has 1 atom stereocenters. The average molecular weight is 319 g/mol. The summed E-state index contributed by atoms with van der Waals surface area (Å²) in [7, 11) is -3.76. The number of rotatable bonds is 3. The minimum atomic E-state index is -3.76. The first-order valence-corrected chi connectivity index (χ1v) is 7.98. The number of aromatic nitrogens is 1. The van der Waals surface area contributed by atoms with Gasteiger partial charge >= 0.3 is 0 Å². The van der Waals surface area contributed by atoms with Gasteiger partial charge in [-0.1, -0.05) is 0 Å². The van der Waals surface area contributed by atoms with Crippen molar-refractivity contribution in [3.8, 4) is 5.75 Å². The number of carbonyl (C=O) groups excluding carboxylic acids is 1. The molecule has 7 nitrogen and oxygen atoms in total. The number of amides is 1. The van der Waals surface area contributed by atoms with Crippen molar-refractivity contribution < 1.29 is 17.9 Å². The normalized spacial score (nSPS) is 17.1. The molecule has 114 valence electrons. The lowest BCUT2D eigenvalue weighted by molar-refractivity contribution is -0.122. The van der Waals surface area contributed by atoms with Crippen molar-refractivity contribution in [3.63, 3.8) is 0 Å². The predicted molar refractivity (Wildman–Crippen MR) is 80.2 cm³/mol. The molecule has 1 amide bonds. The highest BCUT2D eigenvalue weighted by molar-refractivity contribution is 7.92. The molecule has 0 saturated heterocycles. The molecule has 1 aliphatic heterocycles. The summed E-state index contributed by atoms with van der Waals surface area (Å²) in [4.78, 5) is 15.4. The summed E-state index contributed by atoms with van der Waals surface area (Å²) in [6, 6.07) is 7.50. The van der Waals surface area contributed by atoms with Gasteiger partial charge in [0.05, 0.1) is 22.5 Å². The molecule has 3 rings (SSSR count). The van der Waals surface area contributed by atoms with Gasteiger partial charge in [0.15, 0.2) is 6.10 Å². The van der Waals surface area contributed by atoms with Gasteiger partial charge in [-0.25, -0.2) is 8.42 Å². The number of ether oxygens (including phenoxy) is 1. The molecule has 1 aliphatic rings. The fraction of sp³-hybridized carbons (Fsp3) is 0.143.